The van der Waals surface area contributed by atoms with Gasteiger partial charge in [-0.15, -0.1) is 0 Å². The van der Waals surface area contributed by atoms with E-state index < -0.39 is 0 Å². The molecule has 0 aromatic rings. The molecule has 2 aliphatic rings. The molecule has 2 rings (SSSR count). The second-order valence-electron chi connectivity index (χ2n) is 5.55. The summed E-state index contributed by atoms with van der Waals surface area (Å²) >= 11 is 0. The molecular formula is C14H25NO2. The van der Waals surface area contributed by atoms with Crippen LogP contribution in [-0.4, -0.2) is 25.2 Å². The third-order valence-corrected chi connectivity index (χ3v) is 4.33. The molecule has 2 saturated carbocycles. The normalized spacial score (nSPS) is 31.1. The largest absolute Gasteiger partial charge is 0.381 e. The maximum absolute atomic E-state index is 12.1. The Balaban J connectivity index is 1.72. The average molecular weight is 239 g/mol. The van der Waals surface area contributed by atoms with E-state index in [2.05, 4.69) is 5.32 Å². The van der Waals surface area contributed by atoms with E-state index in [1.807, 2.05) is 0 Å². The van der Waals surface area contributed by atoms with E-state index in [0.717, 1.165) is 25.7 Å². The maximum Gasteiger partial charge on any atom is 0.223 e. The summed E-state index contributed by atoms with van der Waals surface area (Å²) in [5.74, 6) is 0.537. The molecule has 17 heavy (non-hydrogen) atoms. The highest BCUT2D eigenvalue weighted by atomic mass is 16.5. The zero-order chi connectivity index (χ0) is 12.1. The van der Waals surface area contributed by atoms with E-state index in [-0.39, 0.29) is 5.92 Å². The Morgan fingerprint density at radius 3 is 2.24 bits per heavy atom. The minimum Gasteiger partial charge on any atom is -0.381 e. The van der Waals surface area contributed by atoms with Gasteiger partial charge in [-0.25, -0.2) is 0 Å². The summed E-state index contributed by atoms with van der Waals surface area (Å²) < 4.78 is 5.34. The van der Waals surface area contributed by atoms with Crippen LogP contribution in [0, 0.1) is 5.92 Å². The fourth-order valence-electron chi connectivity index (χ4n) is 3.13. The van der Waals surface area contributed by atoms with Gasteiger partial charge < -0.3 is 10.1 Å². The van der Waals surface area contributed by atoms with Crippen LogP contribution in [0.3, 0.4) is 0 Å². The van der Waals surface area contributed by atoms with Crippen molar-refractivity contribution in [3.05, 3.63) is 0 Å². The Bertz CT molecular complexity index is 241. The number of hydrogen-bond acceptors (Lipinski definition) is 2. The molecule has 1 N–H and O–H groups in total. The van der Waals surface area contributed by atoms with Gasteiger partial charge in [0.25, 0.3) is 0 Å². The smallest absolute Gasteiger partial charge is 0.223 e. The number of ether oxygens (including phenoxy) is 1. The SMILES string of the molecule is COC1CCC(C(=O)NC2CCCCC2)CC1. The van der Waals surface area contributed by atoms with E-state index in [1.165, 1.54) is 32.1 Å². The number of carbonyl (C=O) groups excluding carboxylic acids is 1. The van der Waals surface area contributed by atoms with E-state index in [9.17, 15) is 4.79 Å². The van der Waals surface area contributed by atoms with Crippen molar-refractivity contribution in [1.82, 2.24) is 5.32 Å². The van der Waals surface area contributed by atoms with Gasteiger partial charge in [-0.05, 0) is 38.5 Å². The Hall–Kier alpha value is -0.570. The lowest BCUT2D eigenvalue weighted by atomic mass is 9.86. The van der Waals surface area contributed by atoms with Gasteiger partial charge in [0, 0.05) is 19.1 Å². The van der Waals surface area contributed by atoms with Gasteiger partial charge in [0.2, 0.25) is 5.91 Å². The Morgan fingerprint density at radius 1 is 1.00 bits per heavy atom. The summed E-state index contributed by atoms with van der Waals surface area (Å²) in [6.07, 6.45) is 10.7. The number of carbonyl (C=O) groups is 1. The fraction of sp³-hybridized carbons (Fsp3) is 0.929. The highest BCUT2D eigenvalue weighted by molar-refractivity contribution is 5.79. The number of hydrogen-bond donors (Lipinski definition) is 1. The molecule has 0 unspecified atom stereocenters. The Kier molecular flexibility index (Phi) is 4.84. The van der Waals surface area contributed by atoms with Crippen molar-refractivity contribution >= 4 is 5.91 Å². The second kappa shape index (κ2) is 6.39. The summed E-state index contributed by atoms with van der Waals surface area (Å²) in [4.78, 5) is 12.1. The fourth-order valence-corrected chi connectivity index (χ4v) is 3.13. The van der Waals surface area contributed by atoms with Gasteiger partial charge in [-0.2, -0.15) is 0 Å². The third-order valence-electron chi connectivity index (χ3n) is 4.33. The van der Waals surface area contributed by atoms with Gasteiger partial charge in [-0.3, -0.25) is 4.79 Å². The first-order valence-corrected chi connectivity index (χ1v) is 7.12. The topological polar surface area (TPSA) is 38.3 Å². The van der Waals surface area contributed by atoms with Gasteiger partial charge >= 0.3 is 0 Å². The Morgan fingerprint density at radius 2 is 1.65 bits per heavy atom. The van der Waals surface area contributed by atoms with E-state index in [0.29, 0.717) is 18.1 Å². The first kappa shape index (κ1) is 12.9. The lowest BCUT2D eigenvalue weighted by Crippen LogP contribution is -2.41. The molecule has 3 nitrogen and oxygen atoms in total. The second-order valence-corrected chi connectivity index (χ2v) is 5.55. The molecule has 0 radical (unpaired) electrons. The van der Waals surface area contributed by atoms with Crippen molar-refractivity contribution in [2.24, 2.45) is 5.92 Å². The summed E-state index contributed by atoms with van der Waals surface area (Å²) in [6, 6.07) is 0.455. The minimum atomic E-state index is 0.239. The molecule has 2 aliphatic carbocycles. The van der Waals surface area contributed by atoms with Crippen molar-refractivity contribution in [3.8, 4) is 0 Å². The standard InChI is InChI=1S/C14H25NO2/c1-17-13-9-7-11(8-10-13)14(16)15-12-5-3-2-4-6-12/h11-13H,2-10H2,1H3,(H,15,16). The molecule has 0 atom stereocenters. The predicted octanol–water partition coefficient (Wildman–Crippen LogP) is 2.64. The monoisotopic (exact) mass is 239 g/mol. The highest BCUT2D eigenvalue weighted by Gasteiger charge is 2.27. The van der Waals surface area contributed by atoms with Gasteiger partial charge in [0.05, 0.1) is 6.10 Å². The molecule has 0 aromatic heterocycles. The van der Waals surface area contributed by atoms with Gasteiger partial charge in [-0.1, -0.05) is 19.3 Å². The summed E-state index contributed by atoms with van der Waals surface area (Å²) in [5, 5.41) is 3.24. The lowest BCUT2D eigenvalue weighted by Gasteiger charge is -2.29. The van der Waals surface area contributed by atoms with Crippen molar-refractivity contribution in [2.45, 2.75) is 69.9 Å². The molecule has 2 fully saturated rings. The van der Waals surface area contributed by atoms with E-state index in [1.54, 1.807) is 7.11 Å². The first-order chi connectivity index (χ1) is 8.29. The van der Waals surface area contributed by atoms with E-state index in [4.69, 9.17) is 4.74 Å². The van der Waals surface area contributed by atoms with Crippen LogP contribution < -0.4 is 5.32 Å². The molecule has 0 aromatic carbocycles. The van der Waals surface area contributed by atoms with Crippen molar-refractivity contribution in [1.29, 1.82) is 0 Å². The van der Waals surface area contributed by atoms with E-state index >= 15 is 0 Å². The quantitative estimate of drug-likeness (QED) is 0.822. The lowest BCUT2D eigenvalue weighted by molar-refractivity contribution is -0.127. The number of amides is 1. The minimum absolute atomic E-state index is 0.239. The highest BCUT2D eigenvalue weighted by Crippen LogP contribution is 2.26. The molecule has 0 saturated heterocycles. The van der Waals surface area contributed by atoms with Gasteiger partial charge in [0.1, 0.15) is 0 Å². The summed E-state index contributed by atoms with van der Waals surface area (Å²) in [7, 11) is 1.77. The Labute approximate surface area is 104 Å². The van der Waals surface area contributed by atoms with Crippen molar-refractivity contribution in [2.75, 3.05) is 7.11 Å². The predicted molar refractivity (Wildman–Crippen MR) is 67.8 cm³/mol. The molecule has 0 aliphatic heterocycles. The average Bonchev–Trinajstić information content (AvgIpc) is 2.40. The zero-order valence-corrected chi connectivity index (χ0v) is 10.9. The number of methoxy groups -OCH3 is 1. The van der Waals surface area contributed by atoms with Crippen LogP contribution in [0.25, 0.3) is 0 Å². The number of rotatable bonds is 3. The summed E-state index contributed by atoms with van der Waals surface area (Å²) in [6.45, 7) is 0. The molecule has 0 bridgehead atoms. The molecule has 3 heteroatoms. The number of nitrogens with one attached hydrogen (secondary N) is 1. The molecule has 98 valence electrons. The molecule has 1 amide bonds. The van der Waals surface area contributed by atoms with Crippen LogP contribution in [-0.2, 0) is 9.53 Å². The maximum atomic E-state index is 12.1. The molecule has 0 spiro atoms. The third kappa shape index (κ3) is 3.70. The van der Waals surface area contributed by atoms with Gasteiger partial charge in [0.15, 0.2) is 0 Å². The first-order valence-electron chi connectivity index (χ1n) is 7.12. The van der Waals surface area contributed by atoms with Crippen molar-refractivity contribution in [3.63, 3.8) is 0 Å². The van der Waals surface area contributed by atoms with Crippen molar-refractivity contribution < 1.29 is 9.53 Å². The van der Waals surface area contributed by atoms with Crippen LogP contribution in [0.15, 0.2) is 0 Å². The van der Waals surface area contributed by atoms with Crippen LogP contribution in [0.2, 0.25) is 0 Å². The zero-order valence-electron chi connectivity index (χ0n) is 10.9. The van der Waals surface area contributed by atoms with Crippen LogP contribution in [0.1, 0.15) is 57.8 Å². The molecular weight excluding hydrogens is 214 g/mol. The van der Waals surface area contributed by atoms with Crippen LogP contribution in [0.5, 0.6) is 0 Å². The molecule has 0 heterocycles. The van der Waals surface area contributed by atoms with Crippen LogP contribution >= 0.6 is 0 Å². The van der Waals surface area contributed by atoms with Crippen LogP contribution in [0.4, 0.5) is 0 Å². The summed E-state index contributed by atoms with van der Waals surface area (Å²) in [5.41, 5.74) is 0.